The maximum absolute atomic E-state index is 12.3. The van der Waals surface area contributed by atoms with Gasteiger partial charge in [-0.3, -0.25) is 9.59 Å². The highest BCUT2D eigenvalue weighted by atomic mass is 16.6. The third-order valence-corrected chi connectivity index (χ3v) is 8.44. The smallest absolute Gasteiger partial charge is 0.309 e. The molecule has 0 radical (unpaired) electrons. The van der Waals surface area contributed by atoms with Gasteiger partial charge in [-0.15, -0.1) is 0 Å². The summed E-state index contributed by atoms with van der Waals surface area (Å²) in [7, 11) is 0. The average molecular weight is 346 g/mol. The lowest BCUT2D eigenvalue weighted by molar-refractivity contribution is -0.145. The van der Waals surface area contributed by atoms with Crippen molar-refractivity contribution in [3.63, 3.8) is 0 Å². The molecule has 0 amide bonds. The van der Waals surface area contributed by atoms with E-state index in [1.165, 1.54) is 19.3 Å². The van der Waals surface area contributed by atoms with Gasteiger partial charge in [0.15, 0.2) is 0 Å². The summed E-state index contributed by atoms with van der Waals surface area (Å²) in [5.41, 5.74) is 0. The Hall–Kier alpha value is -1.06. The number of rotatable bonds is 5. The Kier molecular flexibility index (Phi) is 3.69. The molecule has 4 nitrogen and oxygen atoms in total. The Labute approximate surface area is 150 Å². The van der Waals surface area contributed by atoms with Crippen molar-refractivity contribution in [1.29, 1.82) is 0 Å². The lowest BCUT2D eigenvalue weighted by atomic mass is 9.71. The van der Waals surface area contributed by atoms with Crippen LogP contribution in [-0.2, 0) is 19.1 Å². The van der Waals surface area contributed by atoms with Gasteiger partial charge in [0.1, 0.15) is 12.2 Å². The minimum atomic E-state index is 0.00528. The van der Waals surface area contributed by atoms with Crippen LogP contribution in [-0.4, -0.2) is 24.1 Å². The van der Waals surface area contributed by atoms with E-state index in [4.69, 9.17) is 9.47 Å². The van der Waals surface area contributed by atoms with E-state index in [-0.39, 0.29) is 30.1 Å². The molecule has 4 heteroatoms. The number of hydrogen-bond acceptors (Lipinski definition) is 4. The lowest BCUT2D eigenvalue weighted by Gasteiger charge is -2.32. The molecule has 2 bridgehead atoms. The zero-order chi connectivity index (χ0) is 17.3. The molecule has 25 heavy (non-hydrogen) atoms. The Bertz CT molecular complexity index is 586. The molecule has 5 fully saturated rings. The van der Waals surface area contributed by atoms with Crippen LogP contribution in [0.15, 0.2) is 0 Å². The molecular weight excluding hydrogens is 316 g/mol. The van der Waals surface area contributed by atoms with Crippen LogP contribution < -0.4 is 0 Å². The first-order valence-corrected chi connectivity index (χ1v) is 10.5. The molecule has 2 aliphatic heterocycles. The summed E-state index contributed by atoms with van der Waals surface area (Å²) in [6.07, 6.45) is 8.03. The normalized spacial score (nSPS) is 52.6. The van der Waals surface area contributed by atoms with Gasteiger partial charge in [-0.2, -0.15) is 0 Å². The maximum atomic E-state index is 12.3. The fraction of sp³-hybridized carbons (Fsp3) is 0.905. The molecule has 5 aliphatic rings. The van der Waals surface area contributed by atoms with E-state index in [1.54, 1.807) is 0 Å². The fourth-order valence-corrected chi connectivity index (χ4v) is 7.55. The van der Waals surface area contributed by atoms with Crippen molar-refractivity contribution in [3.05, 3.63) is 0 Å². The van der Waals surface area contributed by atoms with Crippen molar-refractivity contribution in [2.45, 2.75) is 71.0 Å². The van der Waals surface area contributed by atoms with Crippen LogP contribution in [0.2, 0.25) is 0 Å². The molecule has 138 valence electrons. The summed E-state index contributed by atoms with van der Waals surface area (Å²) in [5.74, 6) is 4.11. The van der Waals surface area contributed by atoms with Gasteiger partial charge in [-0.25, -0.2) is 0 Å². The van der Waals surface area contributed by atoms with E-state index in [0.29, 0.717) is 47.8 Å². The second-order valence-electron chi connectivity index (χ2n) is 9.46. The van der Waals surface area contributed by atoms with Gasteiger partial charge < -0.3 is 9.47 Å². The number of esters is 2. The minimum absolute atomic E-state index is 0.00528. The highest BCUT2D eigenvalue weighted by Crippen LogP contribution is 2.62. The third-order valence-electron chi connectivity index (χ3n) is 8.44. The molecule has 0 N–H and O–H groups in total. The molecule has 0 aromatic heterocycles. The van der Waals surface area contributed by atoms with E-state index in [9.17, 15) is 9.59 Å². The Balaban J connectivity index is 1.30. The van der Waals surface area contributed by atoms with Gasteiger partial charge in [-0.1, -0.05) is 26.7 Å². The van der Waals surface area contributed by atoms with Crippen molar-refractivity contribution >= 4 is 11.9 Å². The zero-order valence-corrected chi connectivity index (χ0v) is 15.4. The largest absolute Gasteiger partial charge is 0.462 e. The highest BCUT2D eigenvalue weighted by molar-refractivity contribution is 5.77. The fourth-order valence-electron chi connectivity index (χ4n) is 7.55. The lowest BCUT2D eigenvalue weighted by Crippen LogP contribution is -2.33. The number of carbonyl (C=O) groups is 2. The van der Waals surface area contributed by atoms with Crippen molar-refractivity contribution in [1.82, 2.24) is 0 Å². The van der Waals surface area contributed by atoms with Crippen LogP contribution in [0.3, 0.4) is 0 Å². The average Bonchev–Trinajstić information content (AvgIpc) is 3.30. The first kappa shape index (κ1) is 16.1. The Morgan fingerprint density at radius 3 is 2.56 bits per heavy atom. The van der Waals surface area contributed by atoms with Crippen molar-refractivity contribution in [2.75, 3.05) is 0 Å². The van der Waals surface area contributed by atoms with E-state index in [0.717, 1.165) is 19.3 Å². The van der Waals surface area contributed by atoms with Crippen LogP contribution in [0.1, 0.15) is 58.8 Å². The summed E-state index contributed by atoms with van der Waals surface area (Å²) in [6, 6.07) is 0. The predicted octanol–water partition coefficient (Wildman–Crippen LogP) is 3.58. The second kappa shape index (κ2) is 5.72. The Morgan fingerprint density at radius 1 is 0.960 bits per heavy atom. The molecule has 0 spiro atoms. The van der Waals surface area contributed by atoms with E-state index >= 15 is 0 Å². The third kappa shape index (κ3) is 2.24. The maximum Gasteiger partial charge on any atom is 0.309 e. The molecule has 3 aliphatic carbocycles. The SMILES string of the molecule is CCCC1CC2CC(=O)OC2C1CC[C@@H]1C2C(=O)OC3C2CC1[C@H]3C. The molecular formula is C21H30O4. The first-order chi connectivity index (χ1) is 12.1. The highest BCUT2D eigenvalue weighted by Gasteiger charge is 2.64. The van der Waals surface area contributed by atoms with Crippen LogP contribution >= 0.6 is 0 Å². The van der Waals surface area contributed by atoms with Gasteiger partial charge in [0.05, 0.1) is 12.3 Å². The molecule has 10 atom stereocenters. The first-order valence-electron chi connectivity index (χ1n) is 10.5. The van der Waals surface area contributed by atoms with Gasteiger partial charge in [0.25, 0.3) is 0 Å². The summed E-state index contributed by atoms with van der Waals surface area (Å²) in [5, 5.41) is 0. The van der Waals surface area contributed by atoms with Crippen LogP contribution in [0, 0.1) is 47.3 Å². The number of fused-ring (bicyclic) bond motifs is 2. The predicted molar refractivity (Wildman–Crippen MR) is 91.3 cm³/mol. The minimum Gasteiger partial charge on any atom is -0.462 e. The van der Waals surface area contributed by atoms with Crippen LogP contribution in [0.25, 0.3) is 0 Å². The van der Waals surface area contributed by atoms with E-state index in [1.807, 2.05) is 0 Å². The second-order valence-corrected chi connectivity index (χ2v) is 9.46. The molecule has 2 saturated heterocycles. The zero-order valence-electron chi connectivity index (χ0n) is 15.4. The molecule has 3 saturated carbocycles. The number of carbonyl (C=O) groups excluding carboxylic acids is 2. The molecule has 5 rings (SSSR count). The van der Waals surface area contributed by atoms with Gasteiger partial charge in [0, 0.05) is 11.8 Å². The van der Waals surface area contributed by atoms with Crippen molar-refractivity contribution < 1.29 is 19.1 Å². The van der Waals surface area contributed by atoms with Gasteiger partial charge >= 0.3 is 11.9 Å². The summed E-state index contributed by atoms with van der Waals surface area (Å²) in [6.45, 7) is 4.53. The topological polar surface area (TPSA) is 52.6 Å². The summed E-state index contributed by atoms with van der Waals surface area (Å²) in [4.78, 5) is 24.1. The monoisotopic (exact) mass is 346 g/mol. The quantitative estimate of drug-likeness (QED) is 0.714. The number of hydrogen-bond donors (Lipinski definition) is 0. The molecule has 0 aromatic carbocycles. The van der Waals surface area contributed by atoms with E-state index < -0.39 is 0 Å². The van der Waals surface area contributed by atoms with Gasteiger partial charge in [0.2, 0.25) is 0 Å². The van der Waals surface area contributed by atoms with Crippen molar-refractivity contribution in [2.24, 2.45) is 47.3 Å². The van der Waals surface area contributed by atoms with E-state index in [2.05, 4.69) is 13.8 Å². The number of ether oxygens (including phenoxy) is 2. The molecule has 2 heterocycles. The van der Waals surface area contributed by atoms with Crippen molar-refractivity contribution in [3.8, 4) is 0 Å². The summed E-state index contributed by atoms with van der Waals surface area (Å²) < 4.78 is 11.4. The molecule has 0 aromatic rings. The standard InChI is InChI=1S/C21H30O4/c1-3-4-11-7-12-8-17(22)24-20(12)13(11)5-6-14-15-9-16-18(14)21(23)25-19(16)10(15)2/h10-16,18-20H,3-9H2,1-2H3/t10-,11?,12?,13?,14+,15?,16?,18?,19?,20?/m1/s1. The van der Waals surface area contributed by atoms with Gasteiger partial charge in [-0.05, 0) is 55.3 Å². The summed E-state index contributed by atoms with van der Waals surface area (Å²) >= 11 is 0. The van der Waals surface area contributed by atoms with Crippen LogP contribution in [0.5, 0.6) is 0 Å². The molecule has 8 unspecified atom stereocenters. The van der Waals surface area contributed by atoms with Crippen LogP contribution in [0.4, 0.5) is 0 Å². The Morgan fingerprint density at radius 2 is 1.76 bits per heavy atom.